The molecule has 0 saturated heterocycles. The molecule has 2 rings (SSSR count). The lowest BCUT2D eigenvalue weighted by molar-refractivity contribution is 0.232. The molecule has 0 bridgehead atoms. The molecule has 1 heterocycles. The number of aliphatic hydroxyl groups excluding tert-OH is 1. The van der Waals surface area contributed by atoms with Crippen LogP contribution in [0.15, 0.2) is 42.6 Å². The number of halogens is 1. The van der Waals surface area contributed by atoms with Crippen molar-refractivity contribution in [2.24, 2.45) is 5.92 Å². The summed E-state index contributed by atoms with van der Waals surface area (Å²) in [5, 5.41) is 21.2. The van der Waals surface area contributed by atoms with Crippen LogP contribution in [0.3, 0.4) is 0 Å². The zero-order chi connectivity index (χ0) is 15.1. The predicted molar refractivity (Wildman–Crippen MR) is 78.1 cm³/mol. The number of hydrogen-bond donors (Lipinski definition) is 2. The fourth-order valence-electron chi connectivity index (χ4n) is 1.97. The highest BCUT2D eigenvalue weighted by Gasteiger charge is 2.09. The summed E-state index contributed by atoms with van der Waals surface area (Å²) in [6, 6.07) is 11.7. The van der Waals surface area contributed by atoms with Gasteiger partial charge in [-0.3, -0.25) is 0 Å². The Morgan fingerprint density at radius 2 is 2.00 bits per heavy atom. The van der Waals surface area contributed by atoms with Gasteiger partial charge >= 0.3 is 0 Å². The van der Waals surface area contributed by atoms with Crippen molar-refractivity contribution < 1.29 is 9.50 Å². The number of nitrogens with one attached hydrogen (secondary N) is 1. The van der Waals surface area contributed by atoms with Gasteiger partial charge in [-0.1, -0.05) is 12.1 Å². The first-order valence-electron chi connectivity index (χ1n) is 6.66. The zero-order valence-electron chi connectivity index (χ0n) is 11.5. The molecule has 0 aliphatic rings. The van der Waals surface area contributed by atoms with Gasteiger partial charge in [-0.15, -0.1) is 0 Å². The van der Waals surface area contributed by atoms with Gasteiger partial charge in [-0.2, -0.15) is 5.26 Å². The first kappa shape index (κ1) is 14.9. The van der Waals surface area contributed by atoms with Crippen molar-refractivity contribution in [2.45, 2.75) is 6.42 Å². The van der Waals surface area contributed by atoms with E-state index >= 15 is 0 Å². The highest BCUT2D eigenvalue weighted by molar-refractivity contribution is 5.39. The lowest BCUT2D eigenvalue weighted by Gasteiger charge is -2.15. The highest BCUT2D eigenvalue weighted by atomic mass is 19.1. The molecule has 1 unspecified atom stereocenters. The molecule has 0 fully saturated rings. The van der Waals surface area contributed by atoms with Crippen molar-refractivity contribution in [1.82, 2.24) is 4.98 Å². The van der Waals surface area contributed by atoms with Gasteiger partial charge in [0.1, 0.15) is 17.7 Å². The van der Waals surface area contributed by atoms with Gasteiger partial charge in [0.05, 0.1) is 5.56 Å². The van der Waals surface area contributed by atoms with Crippen LogP contribution in [0.25, 0.3) is 0 Å². The second kappa shape index (κ2) is 7.36. The van der Waals surface area contributed by atoms with E-state index in [0.717, 1.165) is 5.56 Å². The van der Waals surface area contributed by atoms with Crippen molar-refractivity contribution in [3.63, 3.8) is 0 Å². The summed E-state index contributed by atoms with van der Waals surface area (Å²) in [7, 11) is 0. The molecule has 4 nitrogen and oxygen atoms in total. The summed E-state index contributed by atoms with van der Waals surface area (Å²) in [6.45, 7) is 0.577. The lowest BCUT2D eigenvalue weighted by atomic mass is 10.00. The van der Waals surface area contributed by atoms with Gasteiger partial charge in [0.2, 0.25) is 0 Å². The van der Waals surface area contributed by atoms with Crippen LogP contribution in [0.1, 0.15) is 11.1 Å². The molecule has 2 aromatic rings. The van der Waals surface area contributed by atoms with Crippen molar-refractivity contribution in [3.8, 4) is 6.07 Å². The van der Waals surface area contributed by atoms with Crippen LogP contribution in [-0.2, 0) is 6.42 Å². The molecule has 21 heavy (non-hydrogen) atoms. The maximum Gasteiger partial charge on any atom is 0.125 e. The van der Waals surface area contributed by atoms with Gasteiger partial charge in [0.25, 0.3) is 0 Å². The third kappa shape index (κ3) is 4.55. The minimum Gasteiger partial charge on any atom is -0.396 e. The third-order valence-electron chi connectivity index (χ3n) is 3.16. The minimum atomic E-state index is -0.265. The third-order valence-corrected chi connectivity index (χ3v) is 3.16. The standard InChI is InChI=1S/C16H16FN3O/c17-15-4-1-12(2-5-15)7-14(11-21)10-20-16-6-3-13(8-18)9-19-16/h1-6,9,14,21H,7,10-11H2,(H,19,20). The molecule has 1 atom stereocenters. The monoisotopic (exact) mass is 285 g/mol. The summed E-state index contributed by atoms with van der Waals surface area (Å²) < 4.78 is 12.8. The van der Waals surface area contributed by atoms with E-state index in [4.69, 9.17) is 5.26 Å². The number of aliphatic hydroxyl groups is 1. The Hall–Kier alpha value is -2.45. The SMILES string of the molecule is N#Cc1ccc(NCC(CO)Cc2ccc(F)cc2)nc1. The maximum absolute atomic E-state index is 12.8. The number of benzene rings is 1. The summed E-state index contributed by atoms with van der Waals surface area (Å²) in [6.07, 6.45) is 2.15. The molecule has 5 heteroatoms. The van der Waals surface area contributed by atoms with E-state index in [1.54, 1.807) is 24.3 Å². The number of aromatic nitrogens is 1. The fourth-order valence-corrected chi connectivity index (χ4v) is 1.97. The number of anilines is 1. The van der Waals surface area contributed by atoms with Crippen LogP contribution in [-0.4, -0.2) is 23.2 Å². The van der Waals surface area contributed by atoms with Crippen LogP contribution in [0, 0.1) is 23.1 Å². The number of rotatable bonds is 6. The normalized spacial score (nSPS) is 11.7. The van der Waals surface area contributed by atoms with Gasteiger partial charge < -0.3 is 10.4 Å². The number of nitriles is 1. The molecule has 1 aromatic carbocycles. The van der Waals surface area contributed by atoms with Crippen LogP contribution < -0.4 is 5.32 Å². The van der Waals surface area contributed by atoms with Crippen LogP contribution >= 0.6 is 0 Å². The summed E-state index contributed by atoms with van der Waals surface area (Å²) >= 11 is 0. The Bertz CT molecular complexity index is 605. The Morgan fingerprint density at radius 1 is 1.24 bits per heavy atom. The molecule has 0 saturated carbocycles. The second-order valence-corrected chi connectivity index (χ2v) is 4.80. The number of nitrogens with zero attached hydrogens (tertiary/aromatic N) is 2. The Kier molecular flexibility index (Phi) is 5.24. The topological polar surface area (TPSA) is 68.9 Å². The van der Waals surface area contributed by atoms with E-state index in [2.05, 4.69) is 10.3 Å². The zero-order valence-corrected chi connectivity index (χ0v) is 11.5. The molecule has 0 amide bonds. The fraction of sp³-hybridized carbons (Fsp3) is 0.250. The second-order valence-electron chi connectivity index (χ2n) is 4.80. The molecule has 1 aromatic heterocycles. The number of hydrogen-bond acceptors (Lipinski definition) is 4. The molecule has 0 radical (unpaired) electrons. The van der Waals surface area contributed by atoms with E-state index in [1.807, 2.05) is 6.07 Å². The molecule has 108 valence electrons. The molecule has 0 aliphatic carbocycles. The average molecular weight is 285 g/mol. The van der Waals surface area contributed by atoms with Crippen molar-refractivity contribution in [2.75, 3.05) is 18.5 Å². The van der Waals surface area contributed by atoms with Crippen molar-refractivity contribution in [3.05, 3.63) is 59.5 Å². The quantitative estimate of drug-likeness (QED) is 0.855. The molecule has 0 aliphatic heterocycles. The van der Waals surface area contributed by atoms with E-state index in [-0.39, 0.29) is 18.3 Å². The van der Waals surface area contributed by atoms with Gasteiger partial charge in [0.15, 0.2) is 0 Å². The Balaban J connectivity index is 1.89. The molecule has 0 spiro atoms. The highest BCUT2D eigenvalue weighted by Crippen LogP contribution is 2.11. The number of pyridine rings is 1. The summed E-state index contributed by atoms with van der Waals surface area (Å²) in [5.41, 5.74) is 1.48. The molecular formula is C16H16FN3O. The predicted octanol–water partition coefficient (Wildman–Crippen LogP) is 2.36. The van der Waals surface area contributed by atoms with E-state index in [0.29, 0.717) is 24.3 Å². The van der Waals surface area contributed by atoms with Gasteiger partial charge in [-0.05, 0) is 36.2 Å². The van der Waals surface area contributed by atoms with E-state index < -0.39 is 0 Å². The summed E-state index contributed by atoms with van der Waals surface area (Å²) in [5.74, 6) is 0.402. The molecule has 2 N–H and O–H groups in total. The van der Waals surface area contributed by atoms with E-state index in [9.17, 15) is 9.50 Å². The Labute approximate surface area is 122 Å². The van der Waals surface area contributed by atoms with Crippen LogP contribution in [0.4, 0.5) is 10.2 Å². The van der Waals surface area contributed by atoms with E-state index in [1.165, 1.54) is 18.3 Å². The van der Waals surface area contributed by atoms with Crippen LogP contribution in [0.2, 0.25) is 0 Å². The first-order valence-corrected chi connectivity index (χ1v) is 6.66. The van der Waals surface area contributed by atoms with Gasteiger partial charge in [-0.25, -0.2) is 9.37 Å². The molecular weight excluding hydrogens is 269 g/mol. The largest absolute Gasteiger partial charge is 0.396 e. The summed E-state index contributed by atoms with van der Waals surface area (Å²) in [4.78, 5) is 4.11. The van der Waals surface area contributed by atoms with Gasteiger partial charge in [0, 0.05) is 25.3 Å². The average Bonchev–Trinajstić information content (AvgIpc) is 2.53. The van der Waals surface area contributed by atoms with Crippen molar-refractivity contribution >= 4 is 5.82 Å². The van der Waals surface area contributed by atoms with Crippen LogP contribution in [0.5, 0.6) is 0 Å². The smallest absolute Gasteiger partial charge is 0.125 e. The van der Waals surface area contributed by atoms with Crippen molar-refractivity contribution in [1.29, 1.82) is 5.26 Å². The first-order chi connectivity index (χ1) is 10.2. The lowest BCUT2D eigenvalue weighted by Crippen LogP contribution is -2.20. The minimum absolute atomic E-state index is 0.00732. The Morgan fingerprint density at radius 3 is 2.57 bits per heavy atom. The maximum atomic E-state index is 12.8.